The van der Waals surface area contributed by atoms with Gasteiger partial charge in [-0.05, 0) is 34.5 Å². The minimum Gasteiger partial charge on any atom is -0.508 e. The first-order valence-corrected chi connectivity index (χ1v) is 11.1. The number of rotatable bonds is 5. The number of hydrogen-bond acceptors (Lipinski definition) is 5. The predicted molar refractivity (Wildman–Crippen MR) is 113 cm³/mol. The summed E-state index contributed by atoms with van der Waals surface area (Å²) < 4.78 is 28.6. The van der Waals surface area contributed by atoms with Gasteiger partial charge in [0.25, 0.3) is 5.91 Å². The Morgan fingerprint density at radius 3 is 2.33 bits per heavy atom. The second-order valence-corrected chi connectivity index (χ2v) is 8.87. The highest BCUT2D eigenvalue weighted by Crippen LogP contribution is 2.36. The number of benzene rings is 3. The van der Waals surface area contributed by atoms with Crippen LogP contribution in [0.2, 0.25) is 0 Å². The maximum absolute atomic E-state index is 12.9. The van der Waals surface area contributed by atoms with Crippen molar-refractivity contribution >= 4 is 26.5 Å². The van der Waals surface area contributed by atoms with Crippen LogP contribution in [0.25, 0.3) is 10.8 Å². The third-order valence-corrected chi connectivity index (χ3v) is 5.77. The summed E-state index contributed by atoms with van der Waals surface area (Å²) in [5.74, 6) is -0.679. The van der Waals surface area contributed by atoms with Crippen molar-refractivity contribution in [1.29, 1.82) is 0 Å². The lowest BCUT2D eigenvalue weighted by atomic mass is 9.92. The molecule has 0 saturated heterocycles. The number of hydrogen-bond donors (Lipinski definition) is 2. The fraction of sp³-hybridized carbons (Fsp3) is 0.0870. The van der Waals surface area contributed by atoms with E-state index in [1.54, 1.807) is 6.07 Å². The minimum atomic E-state index is -3.57. The Labute approximate surface area is 173 Å². The van der Waals surface area contributed by atoms with Crippen molar-refractivity contribution in [2.45, 2.75) is 11.1 Å². The molecule has 0 spiro atoms. The number of furan rings is 1. The molecule has 152 valence electrons. The SMILES string of the molecule is CS(=O)(=O)c1ccc(C(=O)NC(c2ccccc2)c2c(O)ccc3ccccc23)o1. The molecule has 1 atom stereocenters. The summed E-state index contributed by atoms with van der Waals surface area (Å²) >= 11 is 0. The lowest BCUT2D eigenvalue weighted by Gasteiger charge is -2.22. The van der Waals surface area contributed by atoms with E-state index in [1.165, 1.54) is 12.1 Å². The fourth-order valence-corrected chi connectivity index (χ4v) is 3.96. The molecular formula is C23H19NO5S. The van der Waals surface area contributed by atoms with Gasteiger partial charge in [-0.1, -0.05) is 60.7 Å². The molecule has 2 N–H and O–H groups in total. The molecule has 6 nitrogen and oxygen atoms in total. The average molecular weight is 421 g/mol. The van der Waals surface area contributed by atoms with E-state index in [9.17, 15) is 18.3 Å². The maximum Gasteiger partial charge on any atom is 0.287 e. The molecule has 0 aliphatic rings. The molecule has 1 aromatic heterocycles. The van der Waals surface area contributed by atoms with E-state index >= 15 is 0 Å². The highest BCUT2D eigenvalue weighted by atomic mass is 32.2. The van der Waals surface area contributed by atoms with Crippen LogP contribution in [-0.4, -0.2) is 25.7 Å². The first-order chi connectivity index (χ1) is 14.3. The molecule has 30 heavy (non-hydrogen) atoms. The summed E-state index contributed by atoms with van der Waals surface area (Å²) in [5, 5.41) is 15.0. The maximum atomic E-state index is 12.9. The number of phenols is 1. The van der Waals surface area contributed by atoms with Crippen LogP contribution in [0.15, 0.2) is 88.4 Å². The summed E-state index contributed by atoms with van der Waals surface area (Å²) in [6.45, 7) is 0. The molecular weight excluding hydrogens is 402 g/mol. The molecule has 1 amide bonds. The third-order valence-electron chi connectivity index (χ3n) is 4.82. The normalized spacial score (nSPS) is 12.6. The monoisotopic (exact) mass is 421 g/mol. The Morgan fingerprint density at radius 1 is 0.933 bits per heavy atom. The molecule has 0 aliphatic heterocycles. The van der Waals surface area contributed by atoms with E-state index in [4.69, 9.17) is 4.42 Å². The number of sulfone groups is 1. The molecule has 0 fully saturated rings. The predicted octanol–water partition coefficient (Wildman–Crippen LogP) is 4.06. The Kier molecular flexibility index (Phi) is 5.05. The van der Waals surface area contributed by atoms with Crippen LogP contribution in [0.3, 0.4) is 0 Å². The van der Waals surface area contributed by atoms with Crippen molar-refractivity contribution in [2.75, 3.05) is 6.26 Å². The van der Waals surface area contributed by atoms with E-state index in [-0.39, 0.29) is 16.6 Å². The molecule has 7 heteroatoms. The van der Waals surface area contributed by atoms with Gasteiger partial charge in [-0.3, -0.25) is 4.79 Å². The van der Waals surface area contributed by atoms with Gasteiger partial charge in [0.1, 0.15) is 5.75 Å². The number of carbonyl (C=O) groups is 1. The van der Waals surface area contributed by atoms with E-state index in [1.807, 2.05) is 60.7 Å². The first kappa shape index (κ1) is 19.7. The van der Waals surface area contributed by atoms with E-state index in [0.29, 0.717) is 5.56 Å². The second kappa shape index (κ2) is 7.68. The van der Waals surface area contributed by atoms with Crippen LogP contribution in [-0.2, 0) is 9.84 Å². The number of fused-ring (bicyclic) bond motifs is 1. The van der Waals surface area contributed by atoms with Crippen LogP contribution in [0.4, 0.5) is 0 Å². The third kappa shape index (κ3) is 3.79. The molecule has 0 aliphatic carbocycles. The molecule has 1 heterocycles. The number of phenolic OH excluding ortho intramolecular Hbond substituents is 1. The van der Waals surface area contributed by atoms with E-state index in [2.05, 4.69) is 5.32 Å². The second-order valence-electron chi connectivity index (χ2n) is 6.93. The number of carbonyl (C=O) groups excluding carboxylic acids is 1. The molecule has 4 rings (SSSR count). The van der Waals surface area contributed by atoms with Crippen LogP contribution in [0, 0.1) is 0 Å². The van der Waals surface area contributed by atoms with E-state index in [0.717, 1.165) is 22.6 Å². The van der Waals surface area contributed by atoms with Crippen molar-refractivity contribution in [3.63, 3.8) is 0 Å². The van der Waals surface area contributed by atoms with Crippen molar-refractivity contribution in [2.24, 2.45) is 0 Å². The highest BCUT2D eigenvalue weighted by molar-refractivity contribution is 7.90. The largest absolute Gasteiger partial charge is 0.508 e. The standard InChI is InChI=1S/C23H19NO5S/c1-30(27,28)20-14-13-19(29-20)23(26)24-22(16-8-3-2-4-9-16)21-17-10-6-5-7-15(17)11-12-18(21)25/h2-14,22,25H,1H3,(H,24,26). The number of amides is 1. The average Bonchev–Trinajstić information content (AvgIpc) is 3.24. The summed E-state index contributed by atoms with van der Waals surface area (Å²) in [4.78, 5) is 12.9. The number of aromatic hydroxyl groups is 1. The molecule has 3 aromatic carbocycles. The summed E-state index contributed by atoms with van der Waals surface area (Å²) in [5.41, 5.74) is 1.30. The van der Waals surface area contributed by atoms with Gasteiger partial charge in [-0.15, -0.1) is 0 Å². The zero-order chi connectivity index (χ0) is 21.3. The number of nitrogens with one attached hydrogen (secondary N) is 1. The zero-order valence-electron chi connectivity index (χ0n) is 16.1. The summed E-state index contributed by atoms with van der Waals surface area (Å²) in [6, 6.07) is 22.1. The quantitative estimate of drug-likeness (QED) is 0.507. The lowest BCUT2D eigenvalue weighted by Crippen LogP contribution is -2.29. The summed E-state index contributed by atoms with van der Waals surface area (Å²) in [6.07, 6.45) is 1.01. The van der Waals surface area contributed by atoms with Gasteiger partial charge in [-0.2, -0.15) is 0 Å². The van der Waals surface area contributed by atoms with Crippen LogP contribution in [0.5, 0.6) is 5.75 Å². The van der Waals surface area contributed by atoms with Crippen molar-refractivity contribution in [1.82, 2.24) is 5.32 Å². The molecule has 0 bridgehead atoms. The van der Waals surface area contributed by atoms with Gasteiger partial charge in [0.2, 0.25) is 14.9 Å². The summed E-state index contributed by atoms with van der Waals surface area (Å²) in [7, 11) is -3.57. The fourth-order valence-electron chi connectivity index (χ4n) is 3.40. The lowest BCUT2D eigenvalue weighted by molar-refractivity contribution is 0.0909. The Hall–Kier alpha value is -3.58. The topological polar surface area (TPSA) is 96.6 Å². The van der Waals surface area contributed by atoms with Gasteiger partial charge in [0, 0.05) is 11.8 Å². The smallest absolute Gasteiger partial charge is 0.287 e. The van der Waals surface area contributed by atoms with Crippen LogP contribution >= 0.6 is 0 Å². The molecule has 0 radical (unpaired) electrons. The van der Waals surface area contributed by atoms with Crippen LogP contribution < -0.4 is 5.32 Å². The van der Waals surface area contributed by atoms with Gasteiger partial charge >= 0.3 is 0 Å². The Bertz CT molecular complexity index is 1330. The Morgan fingerprint density at radius 2 is 1.63 bits per heavy atom. The highest BCUT2D eigenvalue weighted by Gasteiger charge is 2.25. The van der Waals surface area contributed by atoms with Gasteiger partial charge < -0.3 is 14.8 Å². The Balaban J connectivity index is 1.81. The molecule has 4 aromatic rings. The van der Waals surface area contributed by atoms with Gasteiger partial charge in [0.05, 0.1) is 6.04 Å². The molecule has 1 unspecified atom stereocenters. The van der Waals surface area contributed by atoms with Crippen LogP contribution in [0.1, 0.15) is 27.7 Å². The van der Waals surface area contributed by atoms with Gasteiger partial charge in [0.15, 0.2) is 5.76 Å². The van der Waals surface area contributed by atoms with Crippen molar-refractivity contribution in [3.8, 4) is 5.75 Å². The van der Waals surface area contributed by atoms with E-state index < -0.39 is 21.8 Å². The minimum absolute atomic E-state index is 0.0409. The van der Waals surface area contributed by atoms with Crippen molar-refractivity contribution in [3.05, 3.63) is 95.7 Å². The zero-order valence-corrected chi connectivity index (χ0v) is 16.9. The first-order valence-electron chi connectivity index (χ1n) is 9.21. The van der Waals surface area contributed by atoms with Gasteiger partial charge in [-0.25, -0.2) is 8.42 Å². The van der Waals surface area contributed by atoms with Crippen molar-refractivity contribution < 1.29 is 22.7 Å². The molecule has 0 saturated carbocycles.